The summed E-state index contributed by atoms with van der Waals surface area (Å²) in [6, 6.07) is 22.3. The summed E-state index contributed by atoms with van der Waals surface area (Å²) >= 11 is 12.6. The number of aromatic nitrogens is 1. The van der Waals surface area contributed by atoms with Crippen LogP contribution in [0.4, 0.5) is 5.82 Å². The van der Waals surface area contributed by atoms with Gasteiger partial charge in [-0.05, 0) is 55.0 Å². The first kappa shape index (κ1) is 24.6. The van der Waals surface area contributed by atoms with Crippen LogP contribution in [-0.2, 0) is 4.79 Å². The van der Waals surface area contributed by atoms with Gasteiger partial charge in [-0.15, -0.1) is 0 Å². The Morgan fingerprint density at radius 1 is 0.973 bits per heavy atom. The van der Waals surface area contributed by atoms with E-state index in [9.17, 15) is 14.7 Å². The van der Waals surface area contributed by atoms with Crippen LogP contribution in [0.15, 0.2) is 78.9 Å². The fourth-order valence-corrected chi connectivity index (χ4v) is 4.48. The fraction of sp³-hybridized carbons (Fsp3) is 0.107. The lowest BCUT2D eigenvalue weighted by atomic mass is 9.93. The maximum absolute atomic E-state index is 12.8. The summed E-state index contributed by atoms with van der Waals surface area (Å²) in [6.07, 6.45) is 0.377. The zero-order chi connectivity index (χ0) is 25.9. The highest BCUT2D eigenvalue weighted by Crippen LogP contribution is 2.41. The number of fused-ring (bicyclic) bond motifs is 1. The molecule has 5 rings (SSSR count). The number of carbonyl (C=O) groups excluding carboxylic acids is 1. The second kappa shape index (κ2) is 10.5. The lowest BCUT2D eigenvalue weighted by Gasteiger charge is -2.24. The SMILES string of the molecule is O=C(Nc1cccc(-c2ccccc2Cl)n1)c1ccc(Oc2cc3c(cc2Cl)C(C(=O)O)CCO3)cc1. The highest BCUT2D eigenvalue weighted by atomic mass is 35.5. The molecule has 0 aliphatic carbocycles. The maximum atomic E-state index is 12.8. The topological polar surface area (TPSA) is 97.8 Å². The summed E-state index contributed by atoms with van der Waals surface area (Å²) in [4.78, 5) is 28.8. The number of anilines is 1. The van der Waals surface area contributed by atoms with E-state index in [0.717, 1.165) is 5.56 Å². The summed E-state index contributed by atoms with van der Waals surface area (Å²) in [5.41, 5.74) is 2.34. The van der Waals surface area contributed by atoms with Crippen molar-refractivity contribution in [3.63, 3.8) is 0 Å². The van der Waals surface area contributed by atoms with Crippen molar-refractivity contribution < 1.29 is 24.2 Å². The van der Waals surface area contributed by atoms with Gasteiger partial charge in [-0.1, -0.05) is 47.5 Å². The zero-order valence-corrected chi connectivity index (χ0v) is 20.8. The first-order chi connectivity index (χ1) is 17.9. The molecular weight excluding hydrogens is 515 g/mol. The molecule has 9 heteroatoms. The summed E-state index contributed by atoms with van der Waals surface area (Å²) < 4.78 is 11.5. The quantitative estimate of drug-likeness (QED) is 0.275. The van der Waals surface area contributed by atoms with Crippen LogP contribution in [0.2, 0.25) is 10.0 Å². The number of nitrogens with zero attached hydrogens (tertiary/aromatic N) is 1. The summed E-state index contributed by atoms with van der Waals surface area (Å²) in [7, 11) is 0. The average Bonchev–Trinajstić information content (AvgIpc) is 2.89. The monoisotopic (exact) mass is 534 g/mol. The van der Waals surface area contributed by atoms with E-state index in [2.05, 4.69) is 10.3 Å². The maximum Gasteiger partial charge on any atom is 0.311 e. The van der Waals surface area contributed by atoms with E-state index in [0.29, 0.717) is 57.9 Å². The molecule has 1 atom stereocenters. The van der Waals surface area contributed by atoms with E-state index < -0.39 is 11.9 Å². The van der Waals surface area contributed by atoms with E-state index in [1.54, 1.807) is 54.6 Å². The third kappa shape index (κ3) is 5.38. The number of carbonyl (C=O) groups is 2. The first-order valence-corrected chi connectivity index (χ1v) is 12.1. The van der Waals surface area contributed by atoms with E-state index in [1.807, 2.05) is 24.3 Å². The van der Waals surface area contributed by atoms with E-state index >= 15 is 0 Å². The molecule has 0 fully saturated rings. The van der Waals surface area contributed by atoms with Gasteiger partial charge in [0.25, 0.3) is 5.91 Å². The Morgan fingerprint density at radius 2 is 1.76 bits per heavy atom. The van der Waals surface area contributed by atoms with E-state index in [1.165, 1.54) is 0 Å². The van der Waals surface area contributed by atoms with Crippen LogP contribution in [0.1, 0.15) is 28.3 Å². The Labute approximate surface area is 222 Å². The van der Waals surface area contributed by atoms with Gasteiger partial charge in [0, 0.05) is 27.8 Å². The highest BCUT2D eigenvalue weighted by Gasteiger charge is 2.29. The van der Waals surface area contributed by atoms with E-state index in [-0.39, 0.29) is 10.9 Å². The number of ether oxygens (including phenoxy) is 2. The molecule has 2 heterocycles. The van der Waals surface area contributed by atoms with Crippen LogP contribution >= 0.6 is 23.2 Å². The number of nitrogens with one attached hydrogen (secondary N) is 1. The number of halogens is 2. The molecule has 1 aliphatic heterocycles. The van der Waals surface area contributed by atoms with Gasteiger partial charge in [-0.3, -0.25) is 9.59 Å². The predicted octanol–water partition coefficient (Wildman–Crippen LogP) is 7.05. The minimum atomic E-state index is -0.922. The molecule has 1 amide bonds. The molecule has 3 aromatic carbocycles. The van der Waals surface area contributed by atoms with E-state index in [4.69, 9.17) is 32.7 Å². The zero-order valence-electron chi connectivity index (χ0n) is 19.3. The standard InChI is InChI=1S/C28H20Cl2N2O5/c29-21-5-2-1-4-19(21)23-6-3-7-26(31-23)32-27(33)16-8-10-17(11-9-16)37-25-15-24-20(14-22(25)30)18(28(34)35)12-13-36-24/h1-11,14-15,18H,12-13H2,(H,34,35)(H,31,32,33). The van der Waals surface area contributed by atoms with Gasteiger partial charge in [0.05, 0.1) is 23.2 Å². The molecule has 1 unspecified atom stereocenters. The number of amides is 1. The van der Waals surface area contributed by atoms with Crippen molar-refractivity contribution in [2.75, 3.05) is 11.9 Å². The Balaban J connectivity index is 1.29. The number of carboxylic acid groups (broad SMARTS) is 1. The lowest BCUT2D eigenvalue weighted by Crippen LogP contribution is -2.20. The minimum Gasteiger partial charge on any atom is -0.493 e. The molecule has 0 spiro atoms. The molecule has 1 aliphatic rings. The third-order valence-electron chi connectivity index (χ3n) is 5.89. The van der Waals surface area contributed by atoms with Crippen LogP contribution in [0.3, 0.4) is 0 Å². The van der Waals surface area contributed by atoms with Crippen LogP contribution in [-0.4, -0.2) is 28.6 Å². The fourth-order valence-electron chi connectivity index (χ4n) is 4.04. The number of carboxylic acids is 1. The predicted molar refractivity (Wildman–Crippen MR) is 141 cm³/mol. The van der Waals surface area contributed by atoms with Crippen LogP contribution in [0, 0.1) is 0 Å². The molecule has 0 radical (unpaired) electrons. The van der Waals surface area contributed by atoms with Crippen LogP contribution in [0.5, 0.6) is 17.2 Å². The largest absolute Gasteiger partial charge is 0.493 e. The molecule has 186 valence electrons. The van der Waals surface area contributed by atoms with Gasteiger partial charge in [-0.2, -0.15) is 0 Å². The molecule has 1 aromatic heterocycles. The Bertz CT molecular complexity index is 1490. The van der Waals surface area contributed by atoms with Gasteiger partial charge >= 0.3 is 5.97 Å². The number of hydrogen-bond acceptors (Lipinski definition) is 5. The Morgan fingerprint density at radius 3 is 2.51 bits per heavy atom. The van der Waals surface area contributed by atoms with Gasteiger partial charge in [-0.25, -0.2) is 4.98 Å². The van der Waals surface area contributed by atoms with Crippen molar-refractivity contribution >= 4 is 40.9 Å². The molecule has 37 heavy (non-hydrogen) atoms. The van der Waals surface area contributed by atoms with Crippen molar-refractivity contribution in [1.82, 2.24) is 4.98 Å². The molecule has 0 bridgehead atoms. The second-order valence-corrected chi connectivity index (χ2v) is 9.13. The molecule has 7 nitrogen and oxygen atoms in total. The number of pyridine rings is 1. The van der Waals surface area contributed by atoms with Crippen LogP contribution in [0.25, 0.3) is 11.3 Å². The molecule has 4 aromatic rings. The summed E-state index contributed by atoms with van der Waals surface area (Å²) in [5.74, 6) is -0.340. The first-order valence-electron chi connectivity index (χ1n) is 11.4. The lowest BCUT2D eigenvalue weighted by molar-refractivity contribution is -0.139. The Hall–Kier alpha value is -4.07. The number of hydrogen-bond donors (Lipinski definition) is 2. The normalized spacial score (nSPS) is 14.3. The highest BCUT2D eigenvalue weighted by molar-refractivity contribution is 6.33. The summed E-state index contributed by atoms with van der Waals surface area (Å²) in [6.45, 7) is 0.297. The average molecular weight is 535 g/mol. The molecule has 2 N–H and O–H groups in total. The van der Waals surface area contributed by atoms with Crippen molar-refractivity contribution in [2.24, 2.45) is 0 Å². The van der Waals surface area contributed by atoms with Crippen molar-refractivity contribution in [3.8, 4) is 28.5 Å². The third-order valence-corrected chi connectivity index (χ3v) is 6.51. The Kier molecular flexibility index (Phi) is 6.99. The summed E-state index contributed by atoms with van der Waals surface area (Å²) in [5, 5.41) is 13.1. The second-order valence-electron chi connectivity index (χ2n) is 8.32. The molecular formula is C28H20Cl2N2O5. The van der Waals surface area contributed by atoms with Gasteiger partial charge in [0.1, 0.15) is 23.1 Å². The van der Waals surface area contributed by atoms with Gasteiger partial charge in [0.15, 0.2) is 0 Å². The van der Waals surface area contributed by atoms with Crippen molar-refractivity contribution in [1.29, 1.82) is 0 Å². The molecule has 0 saturated heterocycles. The van der Waals surface area contributed by atoms with Gasteiger partial charge in [0.2, 0.25) is 0 Å². The number of benzene rings is 3. The number of aliphatic carboxylic acids is 1. The number of rotatable bonds is 6. The smallest absolute Gasteiger partial charge is 0.311 e. The minimum absolute atomic E-state index is 0.266. The van der Waals surface area contributed by atoms with Crippen molar-refractivity contribution in [2.45, 2.75) is 12.3 Å². The van der Waals surface area contributed by atoms with Gasteiger partial charge < -0.3 is 19.9 Å². The van der Waals surface area contributed by atoms with Crippen molar-refractivity contribution in [3.05, 3.63) is 100 Å². The molecule has 0 saturated carbocycles. The van der Waals surface area contributed by atoms with Crippen LogP contribution < -0.4 is 14.8 Å².